The lowest BCUT2D eigenvalue weighted by Gasteiger charge is -2.16. The minimum atomic E-state index is 0.376. The first-order valence-corrected chi connectivity index (χ1v) is 7.19. The van der Waals surface area contributed by atoms with Gasteiger partial charge in [0.05, 0.1) is 12.7 Å². The van der Waals surface area contributed by atoms with Gasteiger partial charge in [0.25, 0.3) is 0 Å². The van der Waals surface area contributed by atoms with Crippen LogP contribution in [0, 0.1) is 13.8 Å². The molecule has 1 heterocycles. The van der Waals surface area contributed by atoms with E-state index in [0.29, 0.717) is 11.7 Å². The molecule has 2 rings (SSSR count). The molecule has 0 atom stereocenters. The molecule has 0 aliphatic rings. The van der Waals surface area contributed by atoms with E-state index in [-0.39, 0.29) is 0 Å². The fraction of sp³-hybridized carbons (Fsp3) is 0.412. The van der Waals surface area contributed by atoms with E-state index in [1.54, 1.807) is 7.11 Å². The van der Waals surface area contributed by atoms with Gasteiger partial charge in [-0.1, -0.05) is 19.9 Å². The second-order valence-corrected chi connectivity index (χ2v) is 5.50. The summed E-state index contributed by atoms with van der Waals surface area (Å²) in [5.41, 5.74) is 4.23. The Balaban J connectivity index is 2.63. The Morgan fingerprint density at radius 2 is 1.86 bits per heavy atom. The van der Waals surface area contributed by atoms with Gasteiger partial charge in [0.1, 0.15) is 11.6 Å². The summed E-state index contributed by atoms with van der Waals surface area (Å²) in [5.74, 6) is 2.75. The quantitative estimate of drug-likeness (QED) is 0.924. The van der Waals surface area contributed by atoms with Crippen molar-refractivity contribution in [1.82, 2.24) is 9.97 Å². The molecule has 1 N–H and O–H groups in total. The van der Waals surface area contributed by atoms with Gasteiger partial charge in [-0.3, -0.25) is 0 Å². The van der Waals surface area contributed by atoms with Crippen LogP contribution in [-0.4, -0.2) is 24.1 Å². The van der Waals surface area contributed by atoms with Crippen molar-refractivity contribution in [3.8, 4) is 17.1 Å². The molecule has 4 heteroatoms. The Labute approximate surface area is 126 Å². The van der Waals surface area contributed by atoms with Crippen molar-refractivity contribution in [2.75, 3.05) is 19.5 Å². The zero-order chi connectivity index (χ0) is 15.6. The van der Waals surface area contributed by atoms with E-state index < -0.39 is 0 Å². The third-order valence-electron chi connectivity index (χ3n) is 3.55. The largest absolute Gasteiger partial charge is 0.496 e. The summed E-state index contributed by atoms with van der Waals surface area (Å²) in [6, 6.07) is 6.06. The Morgan fingerprint density at radius 3 is 2.43 bits per heavy atom. The fourth-order valence-corrected chi connectivity index (χ4v) is 2.57. The number of ether oxygens (including phenoxy) is 1. The normalized spacial score (nSPS) is 10.8. The first kappa shape index (κ1) is 15.3. The predicted molar refractivity (Wildman–Crippen MR) is 87.1 cm³/mol. The number of methoxy groups -OCH3 is 1. The van der Waals surface area contributed by atoms with Crippen LogP contribution in [0.1, 0.15) is 36.6 Å². The molecule has 0 amide bonds. The highest BCUT2D eigenvalue weighted by atomic mass is 16.5. The zero-order valence-corrected chi connectivity index (χ0v) is 13.6. The van der Waals surface area contributed by atoms with Crippen molar-refractivity contribution in [1.29, 1.82) is 0 Å². The average Bonchev–Trinajstić information content (AvgIpc) is 2.45. The first-order chi connectivity index (χ1) is 9.97. The molecule has 0 radical (unpaired) electrons. The molecule has 0 spiro atoms. The second kappa shape index (κ2) is 6.12. The number of aromatic nitrogens is 2. The second-order valence-electron chi connectivity index (χ2n) is 5.50. The van der Waals surface area contributed by atoms with Gasteiger partial charge in [0, 0.05) is 18.3 Å². The van der Waals surface area contributed by atoms with Crippen molar-refractivity contribution < 1.29 is 4.74 Å². The molecule has 4 nitrogen and oxygen atoms in total. The predicted octanol–water partition coefficient (Wildman–Crippen LogP) is 3.93. The summed E-state index contributed by atoms with van der Waals surface area (Å²) < 4.78 is 5.47. The van der Waals surface area contributed by atoms with Crippen molar-refractivity contribution in [2.24, 2.45) is 0 Å². The standard InChI is InChI=1S/C17H23N3O/c1-10(2)15-12(4)19-16(20-17(15)18-5)13-8-7-11(3)9-14(13)21-6/h7-10H,1-6H3,(H,18,19,20). The summed E-state index contributed by atoms with van der Waals surface area (Å²) in [4.78, 5) is 9.36. The van der Waals surface area contributed by atoms with Crippen molar-refractivity contribution >= 4 is 5.82 Å². The van der Waals surface area contributed by atoms with Gasteiger partial charge in [-0.25, -0.2) is 9.97 Å². The van der Waals surface area contributed by atoms with Crippen molar-refractivity contribution in [2.45, 2.75) is 33.6 Å². The monoisotopic (exact) mass is 285 g/mol. The van der Waals surface area contributed by atoms with Crippen LogP contribution in [0.3, 0.4) is 0 Å². The third kappa shape index (κ3) is 2.99. The average molecular weight is 285 g/mol. The van der Waals surface area contributed by atoms with Crippen molar-refractivity contribution in [3.63, 3.8) is 0 Å². The number of nitrogens with one attached hydrogen (secondary N) is 1. The lowest BCUT2D eigenvalue weighted by Crippen LogP contribution is -2.07. The lowest BCUT2D eigenvalue weighted by molar-refractivity contribution is 0.416. The first-order valence-electron chi connectivity index (χ1n) is 7.19. The van der Waals surface area contributed by atoms with E-state index in [9.17, 15) is 0 Å². The number of nitrogens with zero attached hydrogens (tertiary/aromatic N) is 2. The van der Waals surface area contributed by atoms with Gasteiger partial charge < -0.3 is 10.1 Å². The molecule has 21 heavy (non-hydrogen) atoms. The summed E-state index contributed by atoms with van der Waals surface area (Å²) in [5, 5.41) is 3.18. The molecular weight excluding hydrogens is 262 g/mol. The van der Waals surface area contributed by atoms with Gasteiger partial charge in [-0.05, 0) is 37.5 Å². The Hall–Kier alpha value is -2.10. The van der Waals surface area contributed by atoms with E-state index in [0.717, 1.165) is 34.0 Å². The van der Waals surface area contributed by atoms with E-state index in [2.05, 4.69) is 29.1 Å². The SMILES string of the molecule is CNc1nc(-c2ccc(C)cc2OC)nc(C)c1C(C)C. The molecule has 0 bridgehead atoms. The van der Waals surface area contributed by atoms with E-state index in [1.807, 2.05) is 39.1 Å². The van der Waals surface area contributed by atoms with Gasteiger partial charge in [0.2, 0.25) is 0 Å². The van der Waals surface area contributed by atoms with Gasteiger partial charge in [0.15, 0.2) is 5.82 Å². The summed E-state index contributed by atoms with van der Waals surface area (Å²) in [6.07, 6.45) is 0. The molecule has 0 unspecified atom stereocenters. The summed E-state index contributed by atoms with van der Waals surface area (Å²) in [7, 11) is 3.57. The van der Waals surface area contributed by atoms with Gasteiger partial charge >= 0.3 is 0 Å². The van der Waals surface area contributed by atoms with E-state index >= 15 is 0 Å². The van der Waals surface area contributed by atoms with E-state index in [4.69, 9.17) is 4.74 Å². The van der Waals surface area contributed by atoms with Crippen LogP contribution in [-0.2, 0) is 0 Å². The van der Waals surface area contributed by atoms with Gasteiger partial charge in [-0.15, -0.1) is 0 Å². The Morgan fingerprint density at radius 1 is 1.14 bits per heavy atom. The molecule has 0 fully saturated rings. The molecule has 2 aromatic rings. The molecular formula is C17H23N3O. The number of rotatable bonds is 4. The van der Waals surface area contributed by atoms with E-state index in [1.165, 1.54) is 0 Å². The highest BCUT2D eigenvalue weighted by Gasteiger charge is 2.16. The molecule has 1 aromatic heterocycles. The van der Waals surface area contributed by atoms with Crippen LogP contribution in [0.25, 0.3) is 11.4 Å². The smallest absolute Gasteiger partial charge is 0.165 e. The fourth-order valence-electron chi connectivity index (χ4n) is 2.57. The number of aryl methyl sites for hydroxylation is 2. The number of hydrogen-bond donors (Lipinski definition) is 1. The summed E-state index contributed by atoms with van der Waals surface area (Å²) >= 11 is 0. The van der Waals surface area contributed by atoms with Crippen LogP contribution >= 0.6 is 0 Å². The van der Waals surface area contributed by atoms with Crippen LogP contribution < -0.4 is 10.1 Å². The molecule has 0 aliphatic carbocycles. The van der Waals surface area contributed by atoms with Crippen LogP contribution in [0.5, 0.6) is 5.75 Å². The molecule has 0 saturated carbocycles. The van der Waals surface area contributed by atoms with Crippen LogP contribution in [0.4, 0.5) is 5.82 Å². The van der Waals surface area contributed by atoms with Gasteiger partial charge in [-0.2, -0.15) is 0 Å². The third-order valence-corrected chi connectivity index (χ3v) is 3.55. The maximum atomic E-state index is 5.47. The summed E-state index contributed by atoms with van der Waals surface area (Å²) in [6.45, 7) is 8.37. The maximum absolute atomic E-state index is 5.47. The zero-order valence-electron chi connectivity index (χ0n) is 13.6. The molecule has 0 saturated heterocycles. The Kier molecular flexibility index (Phi) is 4.46. The minimum absolute atomic E-state index is 0.376. The molecule has 1 aromatic carbocycles. The van der Waals surface area contributed by atoms with Crippen LogP contribution in [0.15, 0.2) is 18.2 Å². The highest BCUT2D eigenvalue weighted by molar-refractivity contribution is 5.67. The van der Waals surface area contributed by atoms with Crippen molar-refractivity contribution in [3.05, 3.63) is 35.0 Å². The lowest BCUT2D eigenvalue weighted by atomic mass is 10.0. The number of hydrogen-bond acceptors (Lipinski definition) is 4. The highest BCUT2D eigenvalue weighted by Crippen LogP contribution is 2.32. The maximum Gasteiger partial charge on any atom is 0.165 e. The molecule has 0 aliphatic heterocycles. The topological polar surface area (TPSA) is 47.0 Å². The number of anilines is 1. The Bertz CT molecular complexity index is 651. The minimum Gasteiger partial charge on any atom is -0.496 e. The van der Waals surface area contributed by atoms with Crippen LogP contribution in [0.2, 0.25) is 0 Å². The number of benzene rings is 1. The molecule has 112 valence electrons.